The third kappa shape index (κ3) is 4.41. The summed E-state index contributed by atoms with van der Waals surface area (Å²) in [7, 11) is 3.72. The van der Waals surface area contributed by atoms with Crippen LogP contribution in [0.5, 0.6) is 0 Å². The van der Waals surface area contributed by atoms with E-state index in [2.05, 4.69) is 39.1 Å². The highest BCUT2D eigenvalue weighted by Gasteiger charge is 2.14. The molecule has 1 atom stereocenters. The van der Waals surface area contributed by atoms with Gasteiger partial charge in [-0.05, 0) is 41.5 Å². The smallest absolute Gasteiger partial charge is 0.223 e. The third-order valence-corrected chi connectivity index (χ3v) is 4.73. The number of nitrogens with zero attached hydrogens (tertiary/aromatic N) is 1. The molecule has 0 aromatic carbocycles. The van der Waals surface area contributed by atoms with E-state index in [-0.39, 0.29) is 11.8 Å². The van der Waals surface area contributed by atoms with E-state index in [1.54, 1.807) is 18.4 Å². The topological polar surface area (TPSA) is 32.3 Å². The number of hydrogen-bond donors (Lipinski definition) is 1. The lowest BCUT2D eigenvalue weighted by molar-refractivity contribution is -0.124. The molecule has 0 aliphatic heterocycles. The van der Waals surface area contributed by atoms with Gasteiger partial charge < -0.3 is 10.2 Å². The quantitative estimate of drug-likeness (QED) is 0.905. The zero-order valence-electron chi connectivity index (χ0n) is 10.7. The lowest BCUT2D eigenvalue weighted by Crippen LogP contribution is -2.34. The van der Waals surface area contributed by atoms with Crippen molar-refractivity contribution < 1.29 is 4.79 Å². The Bertz CT molecular complexity index is 372. The predicted molar refractivity (Wildman–Crippen MR) is 76.3 cm³/mol. The summed E-state index contributed by atoms with van der Waals surface area (Å²) in [5, 5.41) is 2.68. The van der Waals surface area contributed by atoms with Gasteiger partial charge in [-0.2, -0.15) is 0 Å². The van der Waals surface area contributed by atoms with Crippen molar-refractivity contribution in [3.63, 3.8) is 0 Å². The van der Waals surface area contributed by atoms with Crippen LogP contribution in [-0.2, 0) is 11.3 Å². The molecular weight excluding hydrogens is 300 g/mol. The molecule has 1 heterocycles. The first-order chi connectivity index (χ1) is 7.93. The first kappa shape index (κ1) is 14.7. The van der Waals surface area contributed by atoms with Crippen molar-refractivity contribution in [1.29, 1.82) is 0 Å². The number of rotatable bonds is 5. The number of amides is 1. The molecule has 1 amide bonds. The summed E-state index contributed by atoms with van der Waals surface area (Å²) in [4.78, 5) is 14.9. The van der Waals surface area contributed by atoms with Crippen LogP contribution in [0, 0.1) is 12.8 Å². The lowest BCUT2D eigenvalue weighted by Gasteiger charge is -2.19. The van der Waals surface area contributed by atoms with Crippen molar-refractivity contribution in [3.05, 3.63) is 20.3 Å². The molecule has 1 aromatic rings. The van der Waals surface area contributed by atoms with E-state index in [9.17, 15) is 4.79 Å². The summed E-state index contributed by atoms with van der Waals surface area (Å²) in [6, 6.07) is 2.19. The highest BCUT2D eigenvalue weighted by atomic mass is 79.9. The molecule has 0 bridgehead atoms. The van der Waals surface area contributed by atoms with E-state index < -0.39 is 0 Å². The molecule has 0 fully saturated rings. The van der Waals surface area contributed by atoms with Gasteiger partial charge in [-0.1, -0.05) is 6.92 Å². The van der Waals surface area contributed by atoms with Crippen molar-refractivity contribution in [3.8, 4) is 0 Å². The monoisotopic (exact) mass is 318 g/mol. The van der Waals surface area contributed by atoms with E-state index in [1.165, 1.54) is 14.2 Å². The van der Waals surface area contributed by atoms with Crippen LogP contribution in [0.15, 0.2) is 9.85 Å². The lowest BCUT2D eigenvalue weighted by atomic mass is 10.1. The Morgan fingerprint density at radius 1 is 1.65 bits per heavy atom. The highest BCUT2D eigenvalue weighted by molar-refractivity contribution is 9.11. The predicted octanol–water partition coefficient (Wildman–Crippen LogP) is 2.63. The Hall–Kier alpha value is -0.390. The van der Waals surface area contributed by atoms with Crippen LogP contribution in [0.2, 0.25) is 0 Å². The molecule has 3 nitrogen and oxygen atoms in total. The SMILES string of the molecule is CNC(=O)C(C)CN(C)Cc1cc(C)c(Br)s1. The van der Waals surface area contributed by atoms with Crippen molar-refractivity contribution in [2.24, 2.45) is 5.92 Å². The minimum atomic E-state index is 0.0227. The standard InChI is InChI=1S/C12H19BrN2OS/c1-8-5-10(17-11(8)13)7-15(4)6-9(2)12(16)14-3/h5,9H,6-7H2,1-4H3,(H,14,16). The Labute approximate surface area is 115 Å². The zero-order valence-corrected chi connectivity index (χ0v) is 13.1. The summed E-state index contributed by atoms with van der Waals surface area (Å²) in [6.07, 6.45) is 0. The zero-order chi connectivity index (χ0) is 13.0. The largest absolute Gasteiger partial charge is 0.359 e. The molecule has 0 saturated heterocycles. The maximum atomic E-state index is 11.4. The second-order valence-corrected chi connectivity index (χ2v) is 6.84. The minimum Gasteiger partial charge on any atom is -0.359 e. The van der Waals surface area contributed by atoms with Gasteiger partial charge in [0, 0.05) is 30.9 Å². The van der Waals surface area contributed by atoms with Crippen molar-refractivity contribution in [1.82, 2.24) is 10.2 Å². The maximum absolute atomic E-state index is 11.4. The molecule has 1 N–H and O–H groups in total. The normalized spacial score (nSPS) is 12.8. The van der Waals surface area contributed by atoms with Gasteiger partial charge in [-0.15, -0.1) is 11.3 Å². The Kier molecular flexibility index (Phi) is 5.62. The molecule has 17 heavy (non-hydrogen) atoms. The number of hydrogen-bond acceptors (Lipinski definition) is 3. The van der Waals surface area contributed by atoms with E-state index in [1.807, 2.05) is 14.0 Å². The van der Waals surface area contributed by atoms with E-state index >= 15 is 0 Å². The number of nitrogens with one attached hydrogen (secondary N) is 1. The molecule has 1 aromatic heterocycles. The Morgan fingerprint density at radius 2 is 2.29 bits per heavy atom. The fourth-order valence-corrected chi connectivity index (χ4v) is 3.44. The van der Waals surface area contributed by atoms with Crippen molar-refractivity contribution >= 4 is 33.2 Å². The third-order valence-electron chi connectivity index (χ3n) is 2.61. The molecule has 96 valence electrons. The van der Waals surface area contributed by atoms with Crippen LogP contribution in [-0.4, -0.2) is 31.4 Å². The molecule has 0 aliphatic rings. The average molecular weight is 319 g/mol. The van der Waals surface area contributed by atoms with Gasteiger partial charge in [0.25, 0.3) is 0 Å². The summed E-state index contributed by atoms with van der Waals surface area (Å²) in [5.74, 6) is 0.120. The number of thiophene rings is 1. The number of carbonyl (C=O) groups is 1. The summed E-state index contributed by atoms with van der Waals surface area (Å²) in [6.45, 7) is 5.70. The van der Waals surface area contributed by atoms with E-state index in [4.69, 9.17) is 0 Å². The van der Waals surface area contributed by atoms with Crippen LogP contribution in [0.3, 0.4) is 0 Å². The fourth-order valence-electron chi connectivity index (χ4n) is 1.73. The minimum absolute atomic E-state index is 0.0227. The molecular formula is C12H19BrN2OS. The number of carbonyl (C=O) groups excluding carboxylic acids is 1. The fraction of sp³-hybridized carbons (Fsp3) is 0.583. The molecule has 1 unspecified atom stereocenters. The van der Waals surface area contributed by atoms with Crippen LogP contribution in [0.4, 0.5) is 0 Å². The van der Waals surface area contributed by atoms with Gasteiger partial charge in [-0.3, -0.25) is 4.79 Å². The van der Waals surface area contributed by atoms with Gasteiger partial charge in [-0.25, -0.2) is 0 Å². The highest BCUT2D eigenvalue weighted by Crippen LogP contribution is 2.28. The van der Waals surface area contributed by atoms with Gasteiger partial charge in [0.05, 0.1) is 3.79 Å². The second kappa shape index (κ2) is 6.52. The van der Waals surface area contributed by atoms with Gasteiger partial charge in [0.1, 0.15) is 0 Å². The first-order valence-corrected chi connectivity index (χ1v) is 7.20. The molecule has 1 rings (SSSR count). The molecule has 0 saturated carbocycles. The van der Waals surface area contributed by atoms with Gasteiger partial charge in [0.15, 0.2) is 0 Å². The van der Waals surface area contributed by atoms with Crippen LogP contribution < -0.4 is 5.32 Å². The van der Waals surface area contributed by atoms with E-state index in [0.29, 0.717) is 0 Å². The molecule has 0 radical (unpaired) electrons. The number of halogens is 1. The molecule has 5 heteroatoms. The van der Waals surface area contributed by atoms with Gasteiger partial charge >= 0.3 is 0 Å². The van der Waals surface area contributed by atoms with Crippen molar-refractivity contribution in [2.45, 2.75) is 20.4 Å². The first-order valence-electron chi connectivity index (χ1n) is 5.59. The summed E-state index contributed by atoms with van der Waals surface area (Å²) in [5.41, 5.74) is 1.28. The average Bonchev–Trinajstić information content (AvgIpc) is 2.56. The van der Waals surface area contributed by atoms with Gasteiger partial charge in [0.2, 0.25) is 5.91 Å². The Morgan fingerprint density at radius 3 is 2.76 bits per heavy atom. The second-order valence-electron chi connectivity index (χ2n) is 4.38. The summed E-state index contributed by atoms with van der Waals surface area (Å²) >= 11 is 5.29. The Balaban J connectivity index is 2.49. The van der Waals surface area contributed by atoms with Crippen LogP contribution in [0.1, 0.15) is 17.4 Å². The van der Waals surface area contributed by atoms with Crippen LogP contribution >= 0.6 is 27.3 Å². The molecule has 0 aliphatic carbocycles. The molecule has 0 spiro atoms. The summed E-state index contributed by atoms with van der Waals surface area (Å²) < 4.78 is 1.19. The van der Waals surface area contributed by atoms with E-state index in [0.717, 1.165) is 13.1 Å². The number of aryl methyl sites for hydroxylation is 1. The van der Waals surface area contributed by atoms with Crippen LogP contribution in [0.25, 0.3) is 0 Å². The van der Waals surface area contributed by atoms with Crippen molar-refractivity contribution in [2.75, 3.05) is 20.6 Å². The maximum Gasteiger partial charge on any atom is 0.223 e.